The van der Waals surface area contributed by atoms with E-state index < -0.39 is 56.9 Å². The van der Waals surface area contributed by atoms with E-state index in [1.807, 2.05) is 0 Å². The van der Waals surface area contributed by atoms with Crippen molar-refractivity contribution < 1.29 is 181 Å². The summed E-state index contributed by atoms with van der Waals surface area (Å²) in [4.78, 5) is 24.1. The Morgan fingerprint density at radius 2 is 1.02 bits per heavy atom. The zero-order valence-electron chi connectivity index (χ0n) is 27.4. The number of hydrogen-bond donors (Lipinski definition) is 2. The third kappa shape index (κ3) is 12.0. The van der Waals surface area contributed by atoms with Gasteiger partial charge in [0.05, 0.1) is 37.9 Å². The van der Waals surface area contributed by atoms with E-state index in [1.54, 1.807) is 0 Å². The number of carbonyl (C=O) groups excluding carboxylic acids is 2. The average molecular weight is 825 g/mol. The normalized spacial score (nSPS) is 11.3. The van der Waals surface area contributed by atoms with E-state index in [9.17, 15) is 53.8 Å². The number of fused-ring (bicyclic) bond motifs is 2. The molecule has 0 aromatic heterocycles. The summed E-state index contributed by atoms with van der Waals surface area (Å²) in [7, 11) is -15.4. The van der Waals surface area contributed by atoms with Gasteiger partial charge in [0.25, 0.3) is 11.8 Å². The van der Waals surface area contributed by atoms with Crippen LogP contribution in [0, 0.1) is 0 Å². The fourth-order valence-corrected chi connectivity index (χ4v) is 7.29. The Bertz CT molecular complexity index is 2490. The summed E-state index contributed by atoms with van der Waals surface area (Å²) in [5.74, 6) is -1.63. The molecule has 5 rings (SSSR count). The molecule has 5 aromatic rings. The van der Waals surface area contributed by atoms with Crippen LogP contribution >= 0.6 is 12.0 Å². The van der Waals surface area contributed by atoms with Gasteiger partial charge in [-0.2, -0.15) is 4.33 Å². The molecule has 0 saturated carbocycles. The molecule has 2 N–H and O–H groups in total. The summed E-state index contributed by atoms with van der Waals surface area (Å²) >= 11 is 0.341. The van der Waals surface area contributed by atoms with Crippen LogP contribution in [-0.2, 0) is 39.7 Å². The Morgan fingerprint density at radius 1 is 0.577 bits per heavy atom. The molecule has 0 saturated heterocycles. The minimum absolute atomic E-state index is 0. The number of rotatable bonds is 10. The van der Waals surface area contributed by atoms with Crippen LogP contribution in [0.25, 0.3) is 21.5 Å². The molecule has 0 atom stereocenters. The molecule has 0 heterocycles. The fraction of sp³-hybridized carbons (Fsp3) is 0. The van der Waals surface area contributed by atoms with E-state index in [0.717, 1.165) is 24.3 Å². The van der Waals surface area contributed by atoms with Gasteiger partial charge in [-0.05, 0) is 82.2 Å². The van der Waals surface area contributed by atoms with Crippen molar-refractivity contribution in [1.29, 1.82) is 0 Å². The SMILES string of the molecule is O=C(Nc1ccc2c(S(=O)(=O)[O-])cc(SOO[O-])cc2c1)c1ccccc1C(=O)Nc1ccc2c(S(=O)(=O)[O-])cc(S(=O)(=O)[O-])cc2c1.[Na+].[Na+].[Na+].[Na+]. The van der Waals surface area contributed by atoms with Gasteiger partial charge in [-0.25, -0.2) is 25.3 Å². The molecule has 0 aliphatic carbocycles. The molecular formula is C28H16N2Na4O14S4. The van der Waals surface area contributed by atoms with Gasteiger partial charge < -0.3 is 29.5 Å². The first kappa shape index (κ1) is 49.5. The van der Waals surface area contributed by atoms with Crippen LogP contribution in [0.15, 0.2) is 105 Å². The maximum absolute atomic E-state index is 13.3. The van der Waals surface area contributed by atoms with Crippen molar-refractivity contribution in [3.8, 4) is 0 Å². The Hall–Kier alpha value is -0.480. The average Bonchev–Trinajstić information content (AvgIpc) is 3.01. The predicted molar refractivity (Wildman–Crippen MR) is 162 cm³/mol. The first-order chi connectivity index (χ1) is 22.5. The maximum atomic E-state index is 13.3. The van der Waals surface area contributed by atoms with Crippen molar-refractivity contribution in [2.75, 3.05) is 10.6 Å². The third-order valence-electron chi connectivity index (χ3n) is 6.69. The van der Waals surface area contributed by atoms with Gasteiger partial charge in [0.2, 0.25) is 0 Å². The van der Waals surface area contributed by atoms with Crippen LogP contribution in [0.5, 0.6) is 0 Å². The monoisotopic (exact) mass is 824 g/mol. The summed E-state index contributed by atoms with van der Waals surface area (Å²) in [5, 5.41) is 18.3. The third-order valence-corrected chi connectivity index (χ3v) is 9.81. The van der Waals surface area contributed by atoms with Crippen molar-refractivity contribution >= 4 is 87.1 Å². The maximum Gasteiger partial charge on any atom is 1.00 e. The molecule has 0 unspecified atom stereocenters. The zero-order chi connectivity index (χ0) is 35.0. The van der Waals surface area contributed by atoms with Crippen LogP contribution in [0.4, 0.5) is 11.4 Å². The van der Waals surface area contributed by atoms with Crippen LogP contribution in [0.3, 0.4) is 0 Å². The number of carbonyl (C=O) groups is 2. The van der Waals surface area contributed by atoms with Gasteiger partial charge in [0, 0.05) is 16.3 Å². The summed E-state index contributed by atoms with van der Waals surface area (Å²) in [6.07, 6.45) is 0. The smallest absolute Gasteiger partial charge is 0.744 e. The Labute approximate surface area is 389 Å². The van der Waals surface area contributed by atoms with Gasteiger partial charge >= 0.3 is 118 Å². The minimum atomic E-state index is -5.21. The van der Waals surface area contributed by atoms with Crippen molar-refractivity contribution in [3.05, 3.63) is 96.1 Å². The molecule has 5 aromatic carbocycles. The van der Waals surface area contributed by atoms with Gasteiger partial charge in [0.1, 0.15) is 30.4 Å². The first-order valence-corrected chi connectivity index (χ1v) is 17.8. The molecule has 0 aliphatic heterocycles. The molecule has 0 spiro atoms. The van der Waals surface area contributed by atoms with Crippen LogP contribution in [0.2, 0.25) is 0 Å². The quantitative estimate of drug-likeness (QED) is 0.0435. The summed E-state index contributed by atoms with van der Waals surface area (Å²) in [6.45, 7) is 0. The van der Waals surface area contributed by atoms with Crippen molar-refractivity contribution in [2.45, 2.75) is 19.6 Å². The predicted octanol–water partition coefficient (Wildman–Crippen LogP) is -9.54. The second-order valence-corrected chi connectivity index (χ2v) is 14.6. The second-order valence-electron chi connectivity index (χ2n) is 9.75. The van der Waals surface area contributed by atoms with Gasteiger partial charge in [0.15, 0.2) is 0 Å². The molecular weight excluding hydrogens is 809 g/mol. The van der Waals surface area contributed by atoms with Crippen molar-refractivity contribution in [2.24, 2.45) is 0 Å². The van der Waals surface area contributed by atoms with Crippen LogP contribution < -0.4 is 134 Å². The molecule has 2 amide bonds. The molecule has 16 nitrogen and oxygen atoms in total. The summed E-state index contributed by atoms with van der Waals surface area (Å²) < 4.78 is 110. The largest absolute Gasteiger partial charge is 1.00 e. The van der Waals surface area contributed by atoms with Gasteiger partial charge in [-0.1, -0.05) is 24.3 Å². The molecule has 0 aliphatic rings. The minimum Gasteiger partial charge on any atom is -0.744 e. The second kappa shape index (κ2) is 20.1. The number of hydrogen-bond acceptors (Lipinski definition) is 15. The molecule has 52 heavy (non-hydrogen) atoms. The fourth-order valence-electron chi connectivity index (χ4n) is 4.71. The number of nitrogens with one attached hydrogen (secondary N) is 2. The molecule has 24 heteroatoms. The van der Waals surface area contributed by atoms with Crippen LogP contribution in [-0.4, -0.2) is 50.7 Å². The van der Waals surface area contributed by atoms with Gasteiger partial charge in [-0.15, -0.1) is 0 Å². The molecule has 0 bridgehead atoms. The standard InChI is InChI=1S/C28H20N2O14S4.4Na/c31-27(29-17-5-7-21-15(9-17)11-19(45-44-43-33)13-25(21)47(37,38)39)23-3-1-2-4-24(23)28(32)30-18-6-8-22-16(10-18)12-20(46(34,35)36)14-26(22)48(40,41)42;;;;/h1-14,33H,(H,29,31)(H,30,32)(H,34,35,36)(H,37,38,39)(H,40,41,42);;;;/q;4*+1/p-4. The Morgan fingerprint density at radius 3 is 1.44 bits per heavy atom. The molecule has 250 valence electrons. The molecule has 0 radical (unpaired) electrons. The topological polar surface area (TPSA) is 271 Å². The van der Waals surface area contributed by atoms with E-state index in [4.69, 9.17) is 0 Å². The Balaban J connectivity index is 0.00000338. The number of amides is 2. The van der Waals surface area contributed by atoms with E-state index >= 15 is 0 Å². The van der Waals surface area contributed by atoms with Crippen molar-refractivity contribution in [1.82, 2.24) is 0 Å². The van der Waals surface area contributed by atoms with Crippen LogP contribution in [0.1, 0.15) is 20.7 Å². The van der Waals surface area contributed by atoms with E-state index in [2.05, 4.69) is 20.0 Å². The van der Waals surface area contributed by atoms with Gasteiger partial charge in [-0.3, -0.25) is 14.6 Å². The Kier molecular flexibility index (Phi) is 19.1. The molecule has 0 fully saturated rings. The van der Waals surface area contributed by atoms with E-state index in [1.165, 1.54) is 54.6 Å². The van der Waals surface area contributed by atoms with E-state index in [0.29, 0.717) is 18.1 Å². The number of benzene rings is 5. The first-order valence-electron chi connectivity index (χ1n) is 12.8. The van der Waals surface area contributed by atoms with E-state index in [-0.39, 0.29) is 167 Å². The summed E-state index contributed by atoms with van der Waals surface area (Å²) in [6, 6.07) is 16.6. The zero-order valence-corrected chi connectivity index (χ0v) is 38.7. The summed E-state index contributed by atoms with van der Waals surface area (Å²) in [5.41, 5.74) is -0.190. The number of anilines is 2. The van der Waals surface area contributed by atoms with Crippen molar-refractivity contribution in [3.63, 3.8) is 0 Å².